The maximum atomic E-state index is 4.47. The highest BCUT2D eigenvalue weighted by Crippen LogP contribution is 2.24. The Balaban J connectivity index is 1.84. The highest BCUT2D eigenvalue weighted by atomic mass is 32.1. The molecule has 3 aromatic heterocycles. The fourth-order valence-electron chi connectivity index (χ4n) is 2.41. The molecule has 0 spiro atoms. The third-order valence-electron chi connectivity index (χ3n) is 3.66. The summed E-state index contributed by atoms with van der Waals surface area (Å²) >= 11 is 1.78. The molecule has 116 valence electrons. The molecule has 3 heterocycles. The molecule has 1 unspecified atom stereocenters. The molecule has 0 aliphatic heterocycles. The van der Waals surface area contributed by atoms with Gasteiger partial charge < -0.3 is 10.2 Å². The number of rotatable bonds is 6. The standard InChI is InChI=1S/C15H20N6S/c1-4-11-8-12(15-18-17-10-21(15)19-11)16-9-13(20(2)3)14-6-5-7-22-14/h5-8,10,13,16H,4,9H2,1-3H3. The number of nitrogens with zero attached hydrogens (tertiary/aromatic N) is 5. The highest BCUT2D eigenvalue weighted by molar-refractivity contribution is 7.10. The number of likely N-dealkylation sites (N-methyl/N-ethyl adjacent to an activating group) is 1. The van der Waals surface area contributed by atoms with E-state index >= 15 is 0 Å². The number of hydrogen-bond acceptors (Lipinski definition) is 6. The molecule has 0 aliphatic rings. The van der Waals surface area contributed by atoms with Crippen LogP contribution in [0.2, 0.25) is 0 Å². The summed E-state index contributed by atoms with van der Waals surface area (Å²) in [4.78, 5) is 3.57. The van der Waals surface area contributed by atoms with E-state index in [1.54, 1.807) is 22.2 Å². The third kappa shape index (κ3) is 2.95. The Labute approximate surface area is 133 Å². The molecule has 1 N–H and O–H groups in total. The minimum atomic E-state index is 0.321. The number of nitrogens with one attached hydrogen (secondary N) is 1. The summed E-state index contributed by atoms with van der Waals surface area (Å²) in [7, 11) is 4.20. The first kappa shape index (κ1) is 14.9. The molecule has 3 rings (SSSR count). The summed E-state index contributed by atoms with van der Waals surface area (Å²) in [6.07, 6.45) is 2.52. The van der Waals surface area contributed by atoms with Gasteiger partial charge in [-0.1, -0.05) is 13.0 Å². The molecule has 0 saturated heterocycles. The molecule has 0 aromatic carbocycles. The first-order valence-electron chi connectivity index (χ1n) is 7.32. The van der Waals surface area contributed by atoms with Crippen LogP contribution < -0.4 is 5.32 Å². The van der Waals surface area contributed by atoms with Gasteiger partial charge in [0.05, 0.1) is 17.4 Å². The molecule has 0 saturated carbocycles. The highest BCUT2D eigenvalue weighted by Gasteiger charge is 2.16. The monoisotopic (exact) mass is 316 g/mol. The van der Waals surface area contributed by atoms with Gasteiger partial charge in [0, 0.05) is 11.4 Å². The molecule has 3 aromatic rings. The van der Waals surface area contributed by atoms with Crippen LogP contribution in [-0.2, 0) is 6.42 Å². The maximum Gasteiger partial charge on any atom is 0.200 e. The largest absolute Gasteiger partial charge is 0.380 e. The van der Waals surface area contributed by atoms with E-state index in [4.69, 9.17) is 0 Å². The molecule has 7 heteroatoms. The summed E-state index contributed by atoms with van der Waals surface area (Å²) < 4.78 is 1.73. The van der Waals surface area contributed by atoms with Crippen molar-refractivity contribution in [3.8, 4) is 0 Å². The predicted molar refractivity (Wildman–Crippen MR) is 89.4 cm³/mol. The van der Waals surface area contributed by atoms with Crippen molar-refractivity contribution in [1.29, 1.82) is 0 Å². The lowest BCUT2D eigenvalue weighted by molar-refractivity contribution is 0.316. The average molecular weight is 316 g/mol. The summed E-state index contributed by atoms with van der Waals surface area (Å²) in [5, 5.41) is 18.2. The van der Waals surface area contributed by atoms with Gasteiger partial charge >= 0.3 is 0 Å². The van der Waals surface area contributed by atoms with Crippen LogP contribution >= 0.6 is 11.3 Å². The Kier molecular flexibility index (Phi) is 4.35. The topological polar surface area (TPSA) is 58.3 Å². The normalized spacial score (nSPS) is 12.9. The van der Waals surface area contributed by atoms with Gasteiger partial charge in [-0.05, 0) is 38.0 Å². The summed E-state index contributed by atoms with van der Waals surface area (Å²) in [6, 6.07) is 6.65. The SMILES string of the molecule is CCc1cc(NCC(c2cccs2)N(C)C)c2nncn2n1. The van der Waals surface area contributed by atoms with Crippen LogP contribution in [0.15, 0.2) is 29.9 Å². The Morgan fingerprint density at radius 2 is 2.27 bits per heavy atom. The first-order valence-corrected chi connectivity index (χ1v) is 8.20. The van der Waals surface area contributed by atoms with Crippen LogP contribution in [0.5, 0.6) is 0 Å². The van der Waals surface area contributed by atoms with Gasteiger partial charge in [0.2, 0.25) is 5.65 Å². The molecule has 1 atom stereocenters. The zero-order chi connectivity index (χ0) is 15.5. The second kappa shape index (κ2) is 6.41. The van der Waals surface area contributed by atoms with E-state index in [1.165, 1.54) is 4.88 Å². The Hall–Kier alpha value is -1.99. The van der Waals surface area contributed by atoms with E-state index in [0.29, 0.717) is 6.04 Å². The van der Waals surface area contributed by atoms with E-state index in [-0.39, 0.29) is 0 Å². The minimum Gasteiger partial charge on any atom is -0.380 e. The number of aromatic nitrogens is 4. The second-order valence-electron chi connectivity index (χ2n) is 5.38. The van der Waals surface area contributed by atoms with Crippen LogP contribution in [0.3, 0.4) is 0 Å². The van der Waals surface area contributed by atoms with Crippen molar-refractivity contribution in [2.75, 3.05) is 26.0 Å². The molecule has 0 amide bonds. The molecule has 0 bridgehead atoms. The van der Waals surface area contributed by atoms with Gasteiger partial charge in [-0.25, -0.2) is 0 Å². The molecular weight excluding hydrogens is 296 g/mol. The van der Waals surface area contributed by atoms with Crippen LogP contribution in [0.4, 0.5) is 5.69 Å². The third-order valence-corrected chi connectivity index (χ3v) is 4.64. The molecule has 0 aliphatic carbocycles. The number of fused-ring (bicyclic) bond motifs is 1. The van der Waals surface area contributed by atoms with Crippen molar-refractivity contribution in [2.45, 2.75) is 19.4 Å². The van der Waals surface area contributed by atoms with Gasteiger partial charge in [-0.2, -0.15) is 9.61 Å². The summed E-state index contributed by atoms with van der Waals surface area (Å²) in [5.41, 5.74) is 2.76. The van der Waals surface area contributed by atoms with Gasteiger partial charge in [0.1, 0.15) is 6.33 Å². The van der Waals surface area contributed by atoms with E-state index in [0.717, 1.165) is 30.0 Å². The van der Waals surface area contributed by atoms with Crippen molar-refractivity contribution < 1.29 is 0 Å². The second-order valence-corrected chi connectivity index (χ2v) is 6.36. The van der Waals surface area contributed by atoms with Crippen LogP contribution in [0, 0.1) is 0 Å². The average Bonchev–Trinajstić information content (AvgIpc) is 3.17. The quantitative estimate of drug-likeness (QED) is 0.757. The first-order chi connectivity index (χ1) is 10.7. The van der Waals surface area contributed by atoms with E-state index < -0.39 is 0 Å². The number of thiophene rings is 1. The molecule has 6 nitrogen and oxygen atoms in total. The summed E-state index contributed by atoms with van der Waals surface area (Å²) in [5.74, 6) is 0. The Morgan fingerprint density at radius 1 is 1.41 bits per heavy atom. The molecular formula is C15H20N6S. The number of aryl methyl sites for hydroxylation is 1. The number of hydrogen-bond donors (Lipinski definition) is 1. The van der Waals surface area contributed by atoms with Gasteiger partial charge in [-0.3, -0.25) is 0 Å². The van der Waals surface area contributed by atoms with Crippen molar-refractivity contribution >= 4 is 22.7 Å². The molecule has 22 heavy (non-hydrogen) atoms. The maximum absolute atomic E-state index is 4.47. The van der Waals surface area contributed by atoms with Gasteiger partial charge in [0.25, 0.3) is 0 Å². The predicted octanol–water partition coefficient (Wildman–Crippen LogP) is 2.46. The smallest absolute Gasteiger partial charge is 0.200 e. The Morgan fingerprint density at radius 3 is 2.95 bits per heavy atom. The van der Waals surface area contributed by atoms with Crippen LogP contribution in [-0.4, -0.2) is 45.4 Å². The van der Waals surface area contributed by atoms with Crippen molar-refractivity contribution in [1.82, 2.24) is 24.7 Å². The minimum absolute atomic E-state index is 0.321. The van der Waals surface area contributed by atoms with Crippen LogP contribution in [0.25, 0.3) is 5.65 Å². The fraction of sp³-hybridized carbons (Fsp3) is 0.400. The van der Waals surface area contributed by atoms with E-state index in [2.05, 4.69) is 70.1 Å². The van der Waals surface area contributed by atoms with E-state index in [9.17, 15) is 0 Å². The zero-order valence-electron chi connectivity index (χ0n) is 13.0. The van der Waals surface area contributed by atoms with Crippen molar-refractivity contribution in [3.05, 3.63) is 40.5 Å². The number of anilines is 1. The van der Waals surface area contributed by atoms with Crippen molar-refractivity contribution in [3.63, 3.8) is 0 Å². The lowest BCUT2D eigenvalue weighted by Gasteiger charge is -2.24. The fourth-order valence-corrected chi connectivity index (χ4v) is 3.33. The van der Waals surface area contributed by atoms with Gasteiger partial charge in [-0.15, -0.1) is 21.5 Å². The van der Waals surface area contributed by atoms with Crippen molar-refractivity contribution in [2.24, 2.45) is 0 Å². The Bertz CT molecular complexity index is 734. The van der Waals surface area contributed by atoms with E-state index in [1.807, 2.05) is 0 Å². The lowest BCUT2D eigenvalue weighted by atomic mass is 10.2. The molecule has 0 fully saturated rings. The van der Waals surface area contributed by atoms with Gasteiger partial charge in [0.15, 0.2) is 0 Å². The summed E-state index contributed by atoms with van der Waals surface area (Å²) in [6.45, 7) is 2.90. The lowest BCUT2D eigenvalue weighted by Crippen LogP contribution is -2.26. The molecule has 0 radical (unpaired) electrons. The van der Waals surface area contributed by atoms with Crippen LogP contribution in [0.1, 0.15) is 23.5 Å². The zero-order valence-corrected chi connectivity index (χ0v) is 13.8.